The lowest BCUT2D eigenvalue weighted by Gasteiger charge is -2.08. The van der Waals surface area contributed by atoms with Crippen LogP contribution in [0.4, 0.5) is 0 Å². The molecule has 0 radical (unpaired) electrons. The van der Waals surface area contributed by atoms with Gasteiger partial charge in [-0.2, -0.15) is 5.10 Å². The first kappa shape index (κ1) is 16.8. The number of nitrogens with one attached hydrogen (secondary N) is 1. The Morgan fingerprint density at radius 1 is 1.20 bits per heavy atom. The van der Waals surface area contributed by atoms with Gasteiger partial charge in [-0.05, 0) is 47.9 Å². The number of carbonyl (C=O) groups excluding carboxylic acids is 1. The van der Waals surface area contributed by atoms with E-state index in [1.54, 1.807) is 12.3 Å². The summed E-state index contributed by atoms with van der Waals surface area (Å²) in [6, 6.07) is 16.7. The van der Waals surface area contributed by atoms with Crippen LogP contribution in [0.3, 0.4) is 0 Å². The number of hydrazone groups is 1. The van der Waals surface area contributed by atoms with Crippen molar-refractivity contribution < 1.29 is 13.9 Å². The van der Waals surface area contributed by atoms with E-state index in [9.17, 15) is 4.79 Å². The number of benzene rings is 2. The number of hydrogen-bond acceptors (Lipinski definition) is 4. The van der Waals surface area contributed by atoms with Gasteiger partial charge in [-0.25, -0.2) is 5.43 Å². The number of nitrogens with zero attached hydrogens (tertiary/aromatic N) is 1. The van der Waals surface area contributed by atoms with Crippen LogP contribution >= 0.6 is 0 Å². The molecule has 0 saturated heterocycles. The van der Waals surface area contributed by atoms with E-state index in [1.165, 1.54) is 0 Å². The van der Waals surface area contributed by atoms with Gasteiger partial charge in [0.2, 0.25) is 0 Å². The average molecular weight is 336 g/mol. The van der Waals surface area contributed by atoms with Crippen molar-refractivity contribution >= 4 is 23.1 Å². The highest BCUT2D eigenvalue weighted by Crippen LogP contribution is 2.18. The Bertz CT molecular complexity index is 846. The summed E-state index contributed by atoms with van der Waals surface area (Å²) in [5.41, 5.74) is 4.01. The number of carbonyl (C=O) groups is 1. The number of para-hydroxylation sites is 1. The second-order valence-corrected chi connectivity index (χ2v) is 6.12. The van der Waals surface area contributed by atoms with E-state index >= 15 is 0 Å². The fraction of sp³-hybridized carbons (Fsp3) is 0.200. The van der Waals surface area contributed by atoms with Crippen LogP contribution in [-0.4, -0.2) is 18.7 Å². The Kier molecular flexibility index (Phi) is 5.14. The molecule has 25 heavy (non-hydrogen) atoms. The topological polar surface area (TPSA) is 63.8 Å². The lowest BCUT2D eigenvalue weighted by atomic mass is 10.2. The van der Waals surface area contributed by atoms with E-state index in [4.69, 9.17) is 9.15 Å². The Morgan fingerprint density at radius 2 is 1.96 bits per heavy atom. The maximum atomic E-state index is 12.1. The van der Waals surface area contributed by atoms with E-state index in [0.717, 1.165) is 16.7 Å². The van der Waals surface area contributed by atoms with Gasteiger partial charge < -0.3 is 9.15 Å². The van der Waals surface area contributed by atoms with Crippen LogP contribution in [0.2, 0.25) is 0 Å². The maximum absolute atomic E-state index is 12.1. The predicted molar refractivity (Wildman–Crippen MR) is 98.0 cm³/mol. The number of fused-ring (bicyclic) bond motifs is 1. The Hall–Kier alpha value is -3.08. The zero-order chi connectivity index (χ0) is 17.6. The third kappa shape index (κ3) is 4.47. The number of rotatable bonds is 6. The number of furan rings is 1. The van der Waals surface area contributed by atoms with Crippen LogP contribution in [0.15, 0.2) is 64.1 Å². The second kappa shape index (κ2) is 7.66. The minimum atomic E-state index is -0.385. The summed E-state index contributed by atoms with van der Waals surface area (Å²) in [6.07, 6.45) is 1.58. The highest BCUT2D eigenvalue weighted by atomic mass is 16.5. The molecule has 0 spiro atoms. The van der Waals surface area contributed by atoms with Gasteiger partial charge in [-0.1, -0.05) is 32.0 Å². The maximum Gasteiger partial charge on any atom is 0.307 e. The summed E-state index contributed by atoms with van der Waals surface area (Å²) >= 11 is 0. The number of ether oxygens (including phenoxy) is 1. The molecule has 5 heteroatoms. The lowest BCUT2D eigenvalue weighted by molar-refractivity contribution is 0.0929. The summed E-state index contributed by atoms with van der Waals surface area (Å²) in [5, 5.41) is 4.85. The molecular formula is C20H20N2O3. The Labute approximate surface area is 146 Å². The van der Waals surface area contributed by atoms with Crippen molar-refractivity contribution in [3.63, 3.8) is 0 Å². The van der Waals surface area contributed by atoms with Crippen molar-refractivity contribution in [2.24, 2.45) is 11.0 Å². The predicted octanol–water partition coefficient (Wildman–Crippen LogP) is 4.23. The highest BCUT2D eigenvalue weighted by Gasteiger charge is 2.10. The van der Waals surface area contributed by atoms with Gasteiger partial charge in [0.1, 0.15) is 11.3 Å². The van der Waals surface area contributed by atoms with Gasteiger partial charge in [0, 0.05) is 5.39 Å². The van der Waals surface area contributed by atoms with Gasteiger partial charge >= 0.3 is 5.91 Å². The SMILES string of the molecule is CC(C)COc1ccc(/C=N/NC(=O)c2cc3ccccc3o2)cc1. The molecule has 1 aromatic heterocycles. The molecule has 0 aliphatic rings. The molecule has 1 heterocycles. The summed E-state index contributed by atoms with van der Waals surface area (Å²) in [6.45, 7) is 4.89. The van der Waals surface area contributed by atoms with Crippen LogP contribution in [0.1, 0.15) is 30.0 Å². The van der Waals surface area contributed by atoms with Crippen LogP contribution in [0, 0.1) is 5.92 Å². The number of amides is 1. The van der Waals surface area contributed by atoms with E-state index in [1.807, 2.05) is 48.5 Å². The van der Waals surface area contributed by atoms with E-state index < -0.39 is 0 Å². The van der Waals surface area contributed by atoms with Crippen LogP contribution in [0.5, 0.6) is 5.75 Å². The molecule has 0 saturated carbocycles. The van der Waals surface area contributed by atoms with Crippen LogP contribution in [0.25, 0.3) is 11.0 Å². The molecule has 3 rings (SSSR count). The van der Waals surface area contributed by atoms with Gasteiger partial charge in [0.15, 0.2) is 5.76 Å². The third-order valence-corrected chi connectivity index (χ3v) is 3.49. The molecule has 1 N–H and O–H groups in total. The van der Waals surface area contributed by atoms with E-state index in [-0.39, 0.29) is 11.7 Å². The first-order chi connectivity index (χ1) is 12.1. The minimum absolute atomic E-state index is 0.232. The van der Waals surface area contributed by atoms with Crippen molar-refractivity contribution in [3.05, 3.63) is 65.9 Å². The molecule has 0 atom stereocenters. The van der Waals surface area contributed by atoms with Gasteiger partial charge in [-0.3, -0.25) is 4.79 Å². The van der Waals surface area contributed by atoms with Crippen molar-refractivity contribution in [1.29, 1.82) is 0 Å². The summed E-state index contributed by atoms with van der Waals surface area (Å²) in [5.74, 6) is 1.15. The number of hydrogen-bond donors (Lipinski definition) is 1. The van der Waals surface area contributed by atoms with E-state index in [0.29, 0.717) is 18.1 Å². The molecule has 0 aliphatic carbocycles. The Morgan fingerprint density at radius 3 is 2.68 bits per heavy atom. The van der Waals surface area contributed by atoms with Gasteiger partial charge in [0.05, 0.1) is 12.8 Å². The van der Waals surface area contributed by atoms with Gasteiger partial charge in [-0.15, -0.1) is 0 Å². The highest BCUT2D eigenvalue weighted by molar-refractivity contribution is 5.96. The van der Waals surface area contributed by atoms with Crippen molar-refractivity contribution in [2.45, 2.75) is 13.8 Å². The Balaban J connectivity index is 1.57. The molecular weight excluding hydrogens is 316 g/mol. The monoisotopic (exact) mass is 336 g/mol. The zero-order valence-corrected chi connectivity index (χ0v) is 14.2. The molecule has 3 aromatic rings. The fourth-order valence-electron chi connectivity index (χ4n) is 2.23. The molecule has 0 fully saturated rings. The van der Waals surface area contributed by atoms with Gasteiger partial charge in [0.25, 0.3) is 0 Å². The molecule has 1 amide bonds. The molecule has 2 aromatic carbocycles. The molecule has 0 aliphatic heterocycles. The largest absolute Gasteiger partial charge is 0.493 e. The van der Waals surface area contributed by atoms with Crippen LogP contribution in [-0.2, 0) is 0 Å². The zero-order valence-electron chi connectivity index (χ0n) is 14.2. The second-order valence-electron chi connectivity index (χ2n) is 6.12. The standard InChI is InChI=1S/C20H20N2O3/c1-14(2)13-24-17-9-7-15(8-10-17)12-21-22-20(23)19-11-16-5-3-4-6-18(16)25-19/h3-12,14H,13H2,1-2H3,(H,22,23)/b21-12+. The summed E-state index contributed by atoms with van der Waals surface area (Å²) in [7, 11) is 0. The average Bonchev–Trinajstić information content (AvgIpc) is 3.05. The lowest BCUT2D eigenvalue weighted by Crippen LogP contribution is -2.16. The smallest absolute Gasteiger partial charge is 0.307 e. The third-order valence-electron chi connectivity index (χ3n) is 3.49. The van der Waals surface area contributed by atoms with E-state index in [2.05, 4.69) is 24.4 Å². The van der Waals surface area contributed by atoms with Crippen LogP contribution < -0.4 is 10.2 Å². The molecule has 0 unspecified atom stereocenters. The molecule has 0 bridgehead atoms. The van der Waals surface area contributed by atoms with Crippen molar-refractivity contribution in [2.75, 3.05) is 6.61 Å². The quantitative estimate of drug-likeness (QED) is 0.541. The normalized spacial score (nSPS) is 11.3. The fourth-order valence-corrected chi connectivity index (χ4v) is 2.23. The minimum Gasteiger partial charge on any atom is -0.493 e. The summed E-state index contributed by atoms with van der Waals surface area (Å²) < 4.78 is 11.1. The molecule has 5 nitrogen and oxygen atoms in total. The van der Waals surface area contributed by atoms with Crippen molar-refractivity contribution in [1.82, 2.24) is 5.43 Å². The summed E-state index contributed by atoms with van der Waals surface area (Å²) in [4.78, 5) is 12.1. The molecule has 128 valence electrons. The van der Waals surface area contributed by atoms with Crippen molar-refractivity contribution in [3.8, 4) is 5.75 Å². The first-order valence-electron chi connectivity index (χ1n) is 8.16. The first-order valence-corrected chi connectivity index (χ1v) is 8.16.